The second-order valence-corrected chi connectivity index (χ2v) is 4.79. The Hall–Kier alpha value is -0.740. The summed E-state index contributed by atoms with van der Waals surface area (Å²) in [4.78, 5) is 25.7. The molecule has 2 rings (SSSR count). The molecule has 1 aliphatic heterocycles. The highest BCUT2D eigenvalue weighted by Gasteiger charge is 2.28. The summed E-state index contributed by atoms with van der Waals surface area (Å²) in [6.07, 6.45) is 4.06. The third kappa shape index (κ3) is 2.89. The maximum absolute atomic E-state index is 11.8. The zero-order chi connectivity index (χ0) is 11.4. The molecule has 1 N–H and O–H groups in total. The van der Waals surface area contributed by atoms with Crippen LogP contribution in [0.3, 0.4) is 0 Å². The molecule has 1 saturated heterocycles. The van der Waals surface area contributed by atoms with Gasteiger partial charge in [-0.15, -0.1) is 0 Å². The van der Waals surface area contributed by atoms with Crippen LogP contribution in [-0.2, 0) is 9.59 Å². The first kappa shape index (κ1) is 11.7. The fraction of sp³-hybridized carbons (Fsp3) is 0.833. The number of nitrogens with zero attached hydrogens (tertiary/aromatic N) is 1. The average Bonchev–Trinajstić information content (AvgIpc) is 2.83. The van der Waals surface area contributed by atoms with E-state index in [1.54, 1.807) is 0 Å². The van der Waals surface area contributed by atoms with Crippen LogP contribution >= 0.6 is 0 Å². The smallest absolute Gasteiger partial charge is 0.212 e. The molecular formula is C12H20N2O2. The molecule has 0 radical (unpaired) electrons. The van der Waals surface area contributed by atoms with Crippen LogP contribution in [0.25, 0.3) is 0 Å². The molecule has 0 spiro atoms. The Bertz CT molecular complexity index is 266. The minimum absolute atomic E-state index is 0.0374. The van der Waals surface area contributed by atoms with Crippen molar-refractivity contribution in [2.75, 3.05) is 32.7 Å². The Morgan fingerprint density at radius 2 is 1.75 bits per heavy atom. The summed E-state index contributed by atoms with van der Waals surface area (Å²) in [7, 11) is 0. The third-order valence-electron chi connectivity index (χ3n) is 3.58. The van der Waals surface area contributed by atoms with Crippen LogP contribution in [0.4, 0.5) is 0 Å². The second-order valence-electron chi connectivity index (χ2n) is 4.79. The fourth-order valence-electron chi connectivity index (χ4n) is 2.57. The average molecular weight is 224 g/mol. The van der Waals surface area contributed by atoms with Crippen LogP contribution in [0.1, 0.15) is 25.7 Å². The van der Waals surface area contributed by atoms with E-state index in [1.807, 2.05) is 0 Å². The number of nitrogens with one attached hydrogen (secondary N) is 1. The first-order chi connectivity index (χ1) is 7.77. The monoisotopic (exact) mass is 224 g/mol. The van der Waals surface area contributed by atoms with Crippen molar-refractivity contribution >= 4 is 11.6 Å². The summed E-state index contributed by atoms with van der Waals surface area (Å²) in [5.41, 5.74) is 0. The van der Waals surface area contributed by atoms with Gasteiger partial charge >= 0.3 is 0 Å². The minimum atomic E-state index is -0.172. The van der Waals surface area contributed by atoms with Gasteiger partial charge in [-0.1, -0.05) is 12.8 Å². The van der Waals surface area contributed by atoms with E-state index in [0.29, 0.717) is 6.54 Å². The van der Waals surface area contributed by atoms with Crippen LogP contribution in [0.15, 0.2) is 0 Å². The van der Waals surface area contributed by atoms with Gasteiger partial charge in [0.1, 0.15) is 0 Å². The minimum Gasteiger partial charge on any atom is -0.314 e. The quantitative estimate of drug-likeness (QED) is 0.694. The highest BCUT2D eigenvalue weighted by Crippen LogP contribution is 2.25. The van der Waals surface area contributed by atoms with Crippen molar-refractivity contribution in [1.29, 1.82) is 0 Å². The lowest BCUT2D eigenvalue weighted by Gasteiger charge is -2.26. The van der Waals surface area contributed by atoms with Crippen molar-refractivity contribution in [2.24, 2.45) is 5.92 Å². The Morgan fingerprint density at radius 1 is 1.12 bits per heavy atom. The van der Waals surface area contributed by atoms with Gasteiger partial charge in [0.15, 0.2) is 0 Å². The molecule has 0 unspecified atom stereocenters. The Morgan fingerprint density at radius 3 is 2.38 bits per heavy atom. The van der Waals surface area contributed by atoms with Gasteiger partial charge in [0, 0.05) is 32.1 Å². The Labute approximate surface area is 96.4 Å². The molecule has 4 heteroatoms. The van der Waals surface area contributed by atoms with E-state index in [-0.39, 0.29) is 17.5 Å². The predicted molar refractivity (Wildman–Crippen MR) is 61.3 cm³/mol. The summed E-state index contributed by atoms with van der Waals surface area (Å²) in [6.45, 7) is 3.93. The van der Waals surface area contributed by atoms with Crippen molar-refractivity contribution in [2.45, 2.75) is 25.7 Å². The van der Waals surface area contributed by atoms with Crippen LogP contribution in [0.2, 0.25) is 0 Å². The third-order valence-corrected chi connectivity index (χ3v) is 3.58. The zero-order valence-electron chi connectivity index (χ0n) is 9.71. The highest BCUT2D eigenvalue weighted by atomic mass is 16.2. The molecular weight excluding hydrogens is 204 g/mol. The maximum Gasteiger partial charge on any atom is 0.212 e. The fourth-order valence-corrected chi connectivity index (χ4v) is 2.57. The molecule has 0 aromatic rings. The lowest BCUT2D eigenvalue weighted by Crippen LogP contribution is -2.46. The predicted octanol–water partition coefficient (Wildman–Crippen LogP) is 0.220. The van der Waals surface area contributed by atoms with Crippen molar-refractivity contribution in [1.82, 2.24) is 10.2 Å². The maximum atomic E-state index is 11.8. The highest BCUT2D eigenvalue weighted by molar-refractivity contribution is 6.38. The number of hydrogen-bond acceptors (Lipinski definition) is 4. The summed E-state index contributed by atoms with van der Waals surface area (Å²) < 4.78 is 0. The first-order valence-electron chi connectivity index (χ1n) is 6.27. The van der Waals surface area contributed by atoms with Gasteiger partial charge in [-0.3, -0.25) is 14.5 Å². The molecule has 0 atom stereocenters. The van der Waals surface area contributed by atoms with Gasteiger partial charge in [0.2, 0.25) is 11.6 Å². The summed E-state index contributed by atoms with van der Waals surface area (Å²) in [5, 5.41) is 3.23. The number of carbonyl (C=O) groups excluding carboxylic acids is 2. The summed E-state index contributed by atoms with van der Waals surface area (Å²) >= 11 is 0. The van der Waals surface area contributed by atoms with E-state index in [0.717, 1.165) is 51.9 Å². The van der Waals surface area contributed by atoms with Crippen molar-refractivity contribution in [3.63, 3.8) is 0 Å². The molecule has 2 fully saturated rings. The Balaban J connectivity index is 1.79. The van der Waals surface area contributed by atoms with Gasteiger partial charge in [0.25, 0.3) is 0 Å². The summed E-state index contributed by atoms with van der Waals surface area (Å²) in [5.74, 6) is -0.250. The van der Waals surface area contributed by atoms with Crippen molar-refractivity contribution in [3.8, 4) is 0 Å². The molecule has 4 nitrogen and oxygen atoms in total. The topological polar surface area (TPSA) is 49.4 Å². The molecule has 0 aromatic heterocycles. The normalized spacial score (nSPS) is 23.5. The molecule has 0 bridgehead atoms. The van der Waals surface area contributed by atoms with Crippen molar-refractivity contribution < 1.29 is 9.59 Å². The molecule has 1 aliphatic carbocycles. The lowest BCUT2D eigenvalue weighted by molar-refractivity contribution is -0.139. The molecule has 1 heterocycles. The molecule has 90 valence electrons. The standard InChI is InChI=1S/C12H20N2O2/c15-11(9-14-7-5-13-6-8-14)12(16)10-3-1-2-4-10/h10,13H,1-9H2. The first-order valence-corrected chi connectivity index (χ1v) is 6.27. The van der Waals surface area contributed by atoms with Crippen LogP contribution < -0.4 is 5.32 Å². The molecule has 16 heavy (non-hydrogen) atoms. The number of Topliss-reactive ketones (excluding diaryl/α,β-unsaturated/α-hetero) is 2. The number of hydrogen-bond donors (Lipinski definition) is 1. The van der Waals surface area contributed by atoms with Gasteiger partial charge in [-0.2, -0.15) is 0 Å². The molecule has 1 saturated carbocycles. The van der Waals surface area contributed by atoms with E-state index in [2.05, 4.69) is 10.2 Å². The van der Waals surface area contributed by atoms with Gasteiger partial charge < -0.3 is 5.32 Å². The van der Waals surface area contributed by atoms with Crippen LogP contribution in [0.5, 0.6) is 0 Å². The van der Waals surface area contributed by atoms with Crippen LogP contribution in [-0.4, -0.2) is 49.2 Å². The van der Waals surface area contributed by atoms with Gasteiger partial charge in [0.05, 0.1) is 6.54 Å². The summed E-state index contributed by atoms with van der Waals surface area (Å²) in [6, 6.07) is 0. The molecule has 2 aliphatic rings. The molecule has 0 aromatic carbocycles. The van der Waals surface area contributed by atoms with E-state index >= 15 is 0 Å². The number of ketones is 2. The van der Waals surface area contributed by atoms with E-state index in [1.165, 1.54) is 0 Å². The molecule has 0 amide bonds. The van der Waals surface area contributed by atoms with Gasteiger partial charge in [-0.05, 0) is 12.8 Å². The van der Waals surface area contributed by atoms with Gasteiger partial charge in [-0.25, -0.2) is 0 Å². The largest absolute Gasteiger partial charge is 0.314 e. The van der Waals surface area contributed by atoms with E-state index in [9.17, 15) is 9.59 Å². The number of piperazine rings is 1. The lowest BCUT2D eigenvalue weighted by atomic mass is 9.99. The van der Waals surface area contributed by atoms with Crippen molar-refractivity contribution in [3.05, 3.63) is 0 Å². The second kappa shape index (κ2) is 5.55. The number of carbonyl (C=O) groups is 2. The zero-order valence-corrected chi connectivity index (χ0v) is 9.71. The Kier molecular flexibility index (Phi) is 4.07. The SMILES string of the molecule is O=C(CN1CCNCC1)C(=O)C1CCCC1. The van der Waals surface area contributed by atoms with E-state index in [4.69, 9.17) is 0 Å². The van der Waals surface area contributed by atoms with E-state index < -0.39 is 0 Å². The van der Waals surface area contributed by atoms with Crippen LogP contribution in [0, 0.1) is 5.92 Å². The number of rotatable bonds is 4.